The molecule has 1 atom stereocenters. The van der Waals surface area contributed by atoms with Gasteiger partial charge in [-0.25, -0.2) is 9.67 Å². The maximum atomic E-state index is 5.77. The maximum Gasteiger partial charge on any atom is 0.140 e. The summed E-state index contributed by atoms with van der Waals surface area (Å²) in [6, 6.07) is 8.36. The van der Waals surface area contributed by atoms with Crippen LogP contribution >= 0.6 is 0 Å². The molecule has 0 radical (unpaired) electrons. The summed E-state index contributed by atoms with van der Waals surface area (Å²) in [6.07, 6.45) is 2.67. The minimum atomic E-state index is 0.248. The van der Waals surface area contributed by atoms with Crippen molar-refractivity contribution in [3.05, 3.63) is 42.0 Å². The van der Waals surface area contributed by atoms with Gasteiger partial charge in [0.15, 0.2) is 0 Å². The lowest BCUT2D eigenvalue weighted by molar-refractivity contribution is 0.271. The van der Waals surface area contributed by atoms with Gasteiger partial charge in [0.1, 0.15) is 24.5 Å². The molecule has 1 heterocycles. The quantitative estimate of drug-likeness (QED) is 0.811. The number of aromatic nitrogens is 3. The lowest BCUT2D eigenvalue weighted by Gasteiger charge is -2.15. The molecule has 21 heavy (non-hydrogen) atoms. The Labute approximate surface area is 126 Å². The predicted octanol–water partition coefficient (Wildman–Crippen LogP) is 2.55. The molecule has 1 aromatic carbocycles. The SMILES string of the molecule is CCCn1ncnc1CNC(C)COc1ccc(C)cc1. The number of nitrogens with one attached hydrogen (secondary N) is 1. The van der Waals surface area contributed by atoms with Gasteiger partial charge >= 0.3 is 0 Å². The van der Waals surface area contributed by atoms with E-state index >= 15 is 0 Å². The monoisotopic (exact) mass is 288 g/mol. The van der Waals surface area contributed by atoms with Crippen LogP contribution in [0.2, 0.25) is 0 Å². The highest BCUT2D eigenvalue weighted by Crippen LogP contribution is 2.11. The van der Waals surface area contributed by atoms with Gasteiger partial charge in [0, 0.05) is 12.6 Å². The van der Waals surface area contributed by atoms with Crippen molar-refractivity contribution in [1.82, 2.24) is 20.1 Å². The van der Waals surface area contributed by atoms with Gasteiger partial charge in [0.25, 0.3) is 0 Å². The van der Waals surface area contributed by atoms with E-state index in [1.54, 1.807) is 6.33 Å². The fourth-order valence-electron chi connectivity index (χ4n) is 2.00. The summed E-state index contributed by atoms with van der Waals surface area (Å²) < 4.78 is 7.71. The van der Waals surface area contributed by atoms with Crippen LogP contribution in [0.15, 0.2) is 30.6 Å². The summed E-state index contributed by atoms with van der Waals surface area (Å²) in [7, 11) is 0. The van der Waals surface area contributed by atoms with Gasteiger partial charge in [-0.1, -0.05) is 24.6 Å². The molecule has 0 aliphatic carbocycles. The number of benzene rings is 1. The molecule has 114 valence electrons. The second-order valence-corrected chi connectivity index (χ2v) is 5.31. The number of rotatable bonds is 8. The highest BCUT2D eigenvalue weighted by atomic mass is 16.5. The van der Waals surface area contributed by atoms with Crippen LogP contribution < -0.4 is 10.1 Å². The Hall–Kier alpha value is -1.88. The Morgan fingerprint density at radius 2 is 2.05 bits per heavy atom. The molecule has 1 N–H and O–H groups in total. The number of hydrogen-bond donors (Lipinski definition) is 1. The second-order valence-electron chi connectivity index (χ2n) is 5.31. The van der Waals surface area contributed by atoms with Crippen LogP contribution in [0.1, 0.15) is 31.7 Å². The normalized spacial score (nSPS) is 12.3. The highest BCUT2D eigenvalue weighted by molar-refractivity contribution is 5.26. The molecular formula is C16H24N4O. The van der Waals surface area contributed by atoms with Crippen LogP contribution in [0.25, 0.3) is 0 Å². The molecule has 1 aromatic heterocycles. The van der Waals surface area contributed by atoms with Gasteiger partial charge in [0.05, 0.1) is 6.54 Å². The van der Waals surface area contributed by atoms with Crippen molar-refractivity contribution in [3.63, 3.8) is 0 Å². The van der Waals surface area contributed by atoms with E-state index in [0.29, 0.717) is 13.2 Å². The lowest BCUT2D eigenvalue weighted by Crippen LogP contribution is -2.32. The first-order valence-corrected chi connectivity index (χ1v) is 7.48. The summed E-state index contributed by atoms with van der Waals surface area (Å²) in [5.41, 5.74) is 1.24. The minimum Gasteiger partial charge on any atom is -0.492 e. The smallest absolute Gasteiger partial charge is 0.140 e. The molecule has 0 spiro atoms. The van der Waals surface area contributed by atoms with E-state index in [0.717, 1.165) is 24.5 Å². The first-order valence-electron chi connectivity index (χ1n) is 7.48. The number of aryl methyl sites for hydroxylation is 2. The van der Waals surface area contributed by atoms with E-state index in [1.165, 1.54) is 5.56 Å². The van der Waals surface area contributed by atoms with Gasteiger partial charge in [-0.3, -0.25) is 0 Å². The molecule has 5 heteroatoms. The largest absolute Gasteiger partial charge is 0.492 e. The molecule has 0 saturated heterocycles. The van der Waals surface area contributed by atoms with Gasteiger partial charge in [-0.15, -0.1) is 0 Å². The van der Waals surface area contributed by atoms with Crippen molar-refractivity contribution < 1.29 is 4.74 Å². The average molecular weight is 288 g/mol. The summed E-state index contributed by atoms with van der Waals surface area (Å²) in [4.78, 5) is 4.28. The molecule has 2 rings (SSSR count). The first kappa shape index (κ1) is 15.5. The zero-order valence-electron chi connectivity index (χ0n) is 13.0. The van der Waals surface area contributed by atoms with Crippen molar-refractivity contribution in [2.24, 2.45) is 0 Å². The number of hydrogen-bond acceptors (Lipinski definition) is 4. The predicted molar refractivity (Wildman–Crippen MR) is 83.3 cm³/mol. The molecule has 0 saturated carbocycles. The molecule has 2 aromatic rings. The van der Waals surface area contributed by atoms with Gasteiger partial charge < -0.3 is 10.1 Å². The van der Waals surface area contributed by atoms with Gasteiger partial charge in [0.2, 0.25) is 0 Å². The Balaban J connectivity index is 1.75. The van der Waals surface area contributed by atoms with Crippen molar-refractivity contribution in [2.45, 2.75) is 46.3 Å². The second kappa shape index (κ2) is 7.78. The van der Waals surface area contributed by atoms with Crippen molar-refractivity contribution in [1.29, 1.82) is 0 Å². The van der Waals surface area contributed by atoms with E-state index in [4.69, 9.17) is 4.74 Å². The van der Waals surface area contributed by atoms with Gasteiger partial charge in [-0.2, -0.15) is 5.10 Å². The number of ether oxygens (including phenoxy) is 1. The molecule has 0 amide bonds. The van der Waals surface area contributed by atoms with Crippen LogP contribution in [-0.4, -0.2) is 27.4 Å². The molecular weight excluding hydrogens is 264 g/mol. The van der Waals surface area contributed by atoms with E-state index in [9.17, 15) is 0 Å². The molecule has 5 nitrogen and oxygen atoms in total. The van der Waals surface area contributed by atoms with Crippen LogP contribution in [0.5, 0.6) is 5.75 Å². The fraction of sp³-hybridized carbons (Fsp3) is 0.500. The van der Waals surface area contributed by atoms with Crippen LogP contribution in [0.4, 0.5) is 0 Å². The molecule has 0 bridgehead atoms. The molecule has 0 aliphatic heterocycles. The van der Waals surface area contributed by atoms with Crippen molar-refractivity contribution in [2.75, 3.05) is 6.61 Å². The lowest BCUT2D eigenvalue weighted by atomic mass is 10.2. The van der Waals surface area contributed by atoms with Crippen LogP contribution in [-0.2, 0) is 13.1 Å². The molecule has 1 unspecified atom stereocenters. The number of nitrogens with zero attached hydrogens (tertiary/aromatic N) is 3. The summed E-state index contributed by atoms with van der Waals surface area (Å²) >= 11 is 0. The third-order valence-electron chi connectivity index (χ3n) is 3.26. The third-order valence-corrected chi connectivity index (χ3v) is 3.26. The Kier molecular flexibility index (Phi) is 5.75. The molecule has 0 fully saturated rings. The van der Waals surface area contributed by atoms with Crippen LogP contribution in [0.3, 0.4) is 0 Å². The van der Waals surface area contributed by atoms with Crippen molar-refractivity contribution in [3.8, 4) is 5.75 Å². The Morgan fingerprint density at radius 1 is 1.29 bits per heavy atom. The molecule has 0 aliphatic rings. The van der Waals surface area contributed by atoms with Crippen LogP contribution in [0, 0.1) is 6.92 Å². The topological polar surface area (TPSA) is 52.0 Å². The summed E-state index contributed by atoms with van der Waals surface area (Å²) in [5, 5.41) is 7.64. The Bertz CT molecular complexity index is 535. The average Bonchev–Trinajstić information content (AvgIpc) is 2.92. The van der Waals surface area contributed by atoms with E-state index < -0.39 is 0 Å². The first-order chi connectivity index (χ1) is 10.2. The minimum absolute atomic E-state index is 0.248. The zero-order valence-corrected chi connectivity index (χ0v) is 13.0. The van der Waals surface area contributed by atoms with E-state index in [1.807, 2.05) is 16.8 Å². The van der Waals surface area contributed by atoms with Crippen molar-refractivity contribution >= 4 is 0 Å². The summed E-state index contributed by atoms with van der Waals surface area (Å²) in [6.45, 7) is 8.56. The standard InChI is InChI=1S/C16H24N4O/c1-4-9-20-16(18-12-19-20)10-17-14(3)11-21-15-7-5-13(2)6-8-15/h5-8,12,14,17H,4,9-11H2,1-3H3. The van der Waals surface area contributed by atoms with E-state index in [-0.39, 0.29) is 6.04 Å². The zero-order chi connectivity index (χ0) is 15.1. The highest BCUT2D eigenvalue weighted by Gasteiger charge is 2.07. The third kappa shape index (κ3) is 4.86. The van der Waals surface area contributed by atoms with Gasteiger partial charge in [-0.05, 0) is 32.4 Å². The maximum absolute atomic E-state index is 5.77. The Morgan fingerprint density at radius 3 is 2.76 bits per heavy atom. The summed E-state index contributed by atoms with van der Waals surface area (Å²) in [5.74, 6) is 1.88. The fourth-order valence-corrected chi connectivity index (χ4v) is 2.00. The van der Waals surface area contributed by atoms with E-state index in [2.05, 4.69) is 48.3 Å².